The lowest BCUT2D eigenvalue weighted by atomic mass is 9.79. The third-order valence-electron chi connectivity index (χ3n) is 7.02. The predicted octanol–water partition coefficient (Wildman–Crippen LogP) is 3.11. The molecule has 188 valence electrons. The molecule has 4 aromatic heterocycles. The van der Waals surface area contributed by atoms with Gasteiger partial charge in [-0.2, -0.15) is 14.7 Å². The Morgan fingerprint density at radius 1 is 0.838 bits per heavy atom. The van der Waals surface area contributed by atoms with Gasteiger partial charge >= 0.3 is 0 Å². The van der Waals surface area contributed by atoms with Crippen LogP contribution in [0.15, 0.2) is 61.4 Å². The van der Waals surface area contributed by atoms with E-state index in [-0.39, 0.29) is 11.2 Å². The van der Waals surface area contributed by atoms with Crippen LogP contribution < -0.4 is 9.80 Å². The first kappa shape index (κ1) is 23.0. The van der Waals surface area contributed by atoms with E-state index in [1.807, 2.05) is 43.8 Å². The van der Waals surface area contributed by atoms with Gasteiger partial charge in [0.1, 0.15) is 12.1 Å². The molecule has 0 N–H and O–H groups in total. The quantitative estimate of drug-likeness (QED) is 0.365. The standard InChI is InChI=1S/C26H27FN10/c1-26(2,19-4-6-21(27)7-5-19)20-14-28-24(29-15-20)35-8-10-36(11-9-35)25-31-17-30-23-12-22(33-37(23)25)18-13-32-34(3)16-18/h4-7,12-17H,8-11H2,1-3H3. The number of fused-ring (bicyclic) bond motifs is 1. The Morgan fingerprint density at radius 2 is 1.54 bits per heavy atom. The smallest absolute Gasteiger partial charge is 0.230 e. The van der Waals surface area contributed by atoms with Gasteiger partial charge in [0, 0.05) is 68.9 Å². The van der Waals surface area contributed by atoms with Gasteiger partial charge in [0.25, 0.3) is 0 Å². The Balaban J connectivity index is 1.17. The van der Waals surface area contributed by atoms with Crippen molar-refractivity contribution in [3.63, 3.8) is 0 Å². The van der Waals surface area contributed by atoms with Gasteiger partial charge in [-0.15, -0.1) is 0 Å². The number of hydrogen-bond acceptors (Lipinski definition) is 8. The molecule has 0 saturated carbocycles. The van der Waals surface area contributed by atoms with E-state index in [2.05, 4.69) is 48.7 Å². The fraction of sp³-hybridized carbons (Fsp3) is 0.308. The van der Waals surface area contributed by atoms with Crippen LogP contribution in [0.3, 0.4) is 0 Å². The lowest BCUT2D eigenvalue weighted by Gasteiger charge is -2.35. The first-order chi connectivity index (χ1) is 17.9. The van der Waals surface area contributed by atoms with Gasteiger partial charge in [0.15, 0.2) is 5.65 Å². The van der Waals surface area contributed by atoms with Crippen LogP contribution in [0, 0.1) is 5.82 Å². The number of piperazine rings is 1. The number of halogens is 1. The summed E-state index contributed by atoms with van der Waals surface area (Å²) in [6.07, 6.45) is 9.04. The van der Waals surface area contributed by atoms with E-state index in [0.717, 1.165) is 60.2 Å². The molecule has 37 heavy (non-hydrogen) atoms. The molecule has 5 heterocycles. The molecule has 1 aliphatic heterocycles. The molecular weight excluding hydrogens is 471 g/mol. The molecule has 11 heteroatoms. The number of benzene rings is 1. The molecule has 0 amide bonds. The van der Waals surface area contributed by atoms with E-state index in [9.17, 15) is 4.39 Å². The summed E-state index contributed by atoms with van der Waals surface area (Å²) >= 11 is 0. The van der Waals surface area contributed by atoms with Crippen molar-refractivity contribution in [1.29, 1.82) is 0 Å². The Hall–Kier alpha value is -4.41. The third-order valence-corrected chi connectivity index (χ3v) is 7.02. The first-order valence-corrected chi connectivity index (χ1v) is 12.2. The van der Waals surface area contributed by atoms with Crippen LogP contribution in [0.4, 0.5) is 16.3 Å². The van der Waals surface area contributed by atoms with Crippen LogP contribution >= 0.6 is 0 Å². The minimum atomic E-state index is -0.332. The minimum absolute atomic E-state index is 0.241. The largest absolute Gasteiger partial charge is 0.337 e. The molecular formula is C26H27FN10. The van der Waals surface area contributed by atoms with E-state index in [1.165, 1.54) is 12.1 Å². The summed E-state index contributed by atoms with van der Waals surface area (Å²) in [5, 5.41) is 8.99. The highest BCUT2D eigenvalue weighted by molar-refractivity contribution is 5.63. The van der Waals surface area contributed by atoms with Crippen LogP contribution in [0.25, 0.3) is 16.9 Å². The Bertz CT molecular complexity index is 1530. The lowest BCUT2D eigenvalue weighted by Crippen LogP contribution is -2.48. The monoisotopic (exact) mass is 498 g/mol. The highest BCUT2D eigenvalue weighted by Crippen LogP contribution is 2.31. The van der Waals surface area contributed by atoms with E-state index in [1.54, 1.807) is 21.7 Å². The van der Waals surface area contributed by atoms with Crippen LogP contribution in [-0.4, -0.2) is 65.5 Å². The first-order valence-electron chi connectivity index (χ1n) is 12.2. The second kappa shape index (κ2) is 8.91. The van der Waals surface area contributed by atoms with Gasteiger partial charge in [0.05, 0.1) is 11.9 Å². The van der Waals surface area contributed by atoms with Crippen LogP contribution in [0.1, 0.15) is 25.0 Å². The van der Waals surface area contributed by atoms with E-state index in [0.29, 0.717) is 5.95 Å². The molecule has 0 radical (unpaired) electrons. The van der Waals surface area contributed by atoms with Gasteiger partial charge in [-0.25, -0.2) is 24.3 Å². The highest BCUT2D eigenvalue weighted by atomic mass is 19.1. The van der Waals surface area contributed by atoms with Crippen molar-refractivity contribution in [2.45, 2.75) is 19.3 Å². The zero-order valence-corrected chi connectivity index (χ0v) is 21.0. The summed E-state index contributed by atoms with van der Waals surface area (Å²) in [6, 6.07) is 8.54. The van der Waals surface area contributed by atoms with Crippen molar-refractivity contribution in [2.75, 3.05) is 36.0 Å². The Kier molecular flexibility index (Phi) is 5.54. The van der Waals surface area contributed by atoms with Gasteiger partial charge in [-0.05, 0) is 23.3 Å². The number of nitrogens with zero attached hydrogens (tertiary/aromatic N) is 10. The molecule has 1 fully saturated rings. The molecule has 5 aromatic rings. The maximum atomic E-state index is 13.4. The number of rotatable bonds is 5. The second-order valence-corrected chi connectivity index (χ2v) is 9.75. The second-order valence-electron chi connectivity index (χ2n) is 9.75. The number of aromatic nitrogens is 8. The summed E-state index contributed by atoms with van der Waals surface area (Å²) < 4.78 is 16.9. The maximum absolute atomic E-state index is 13.4. The number of hydrogen-bond donors (Lipinski definition) is 0. The van der Waals surface area contributed by atoms with Crippen molar-refractivity contribution in [3.8, 4) is 11.3 Å². The molecule has 1 aromatic carbocycles. The molecule has 0 bridgehead atoms. The Labute approximate surface area is 213 Å². The van der Waals surface area contributed by atoms with Gasteiger partial charge in [0.2, 0.25) is 11.9 Å². The maximum Gasteiger partial charge on any atom is 0.230 e. The topological polar surface area (TPSA) is 93.2 Å². The van der Waals surface area contributed by atoms with Crippen molar-refractivity contribution in [2.24, 2.45) is 7.05 Å². The fourth-order valence-corrected chi connectivity index (χ4v) is 4.66. The normalized spacial score (nSPS) is 14.5. The molecule has 1 aliphatic rings. The average molecular weight is 499 g/mol. The lowest BCUT2D eigenvalue weighted by molar-refractivity contribution is 0.604. The van der Waals surface area contributed by atoms with Crippen LogP contribution in [0.2, 0.25) is 0 Å². The minimum Gasteiger partial charge on any atom is -0.337 e. The van der Waals surface area contributed by atoms with Gasteiger partial charge < -0.3 is 9.80 Å². The average Bonchev–Trinajstić information content (AvgIpc) is 3.55. The van der Waals surface area contributed by atoms with Crippen LogP contribution in [0.5, 0.6) is 0 Å². The van der Waals surface area contributed by atoms with Crippen molar-refractivity contribution in [3.05, 3.63) is 78.4 Å². The zero-order chi connectivity index (χ0) is 25.6. The van der Waals surface area contributed by atoms with Gasteiger partial charge in [-0.1, -0.05) is 26.0 Å². The summed E-state index contributed by atoms with van der Waals surface area (Å²) in [5.41, 5.74) is 4.15. The van der Waals surface area contributed by atoms with E-state index >= 15 is 0 Å². The zero-order valence-electron chi connectivity index (χ0n) is 21.0. The highest BCUT2D eigenvalue weighted by Gasteiger charge is 2.26. The SMILES string of the molecule is Cn1cc(-c2cc3ncnc(N4CCN(c5ncc(C(C)(C)c6ccc(F)cc6)cn5)CC4)n3n2)cn1. The number of anilines is 2. The van der Waals surface area contributed by atoms with Crippen LogP contribution in [-0.2, 0) is 12.5 Å². The summed E-state index contributed by atoms with van der Waals surface area (Å²) in [7, 11) is 1.88. The van der Waals surface area contributed by atoms with E-state index in [4.69, 9.17) is 5.10 Å². The predicted molar refractivity (Wildman–Crippen MR) is 138 cm³/mol. The van der Waals surface area contributed by atoms with Crippen molar-refractivity contribution >= 4 is 17.5 Å². The Morgan fingerprint density at radius 3 is 2.22 bits per heavy atom. The molecule has 0 spiro atoms. The van der Waals surface area contributed by atoms with Gasteiger partial charge in [-0.3, -0.25) is 4.68 Å². The molecule has 0 atom stereocenters. The molecule has 0 unspecified atom stereocenters. The number of aryl methyl sites for hydroxylation is 1. The summed E-state index contributed by atoms with van der Waals surface area (Å²) in [5.74, 6) is 1.22. The van der Waals surface area contributed by atoms with E-state index < -0.39 is 0 Å². The molecule has 0 aliphatic carbocycles. The van der Waals surface area contributed by atoms with Crippen molar-refractivity contribution < 1.29 is 4.39 Å². The molecule has 1 saturated heterocycles. The third kappa shape index (κ3) is 4.26. The van der Waals surface area contributed by atoms with Crippen molar-refractivity contribution in [1.82, 2.24) is 39.3 Å². The molecule has 10 nitrogen and oxygen atoms in total. The molecule has 6 rings (SSSR count). The summed E-state index contributed by atoms with van der Waals surface area (Å²) in [6.45, 7) is 7.19. The fourth-order valence-electron chi connectivity index (χ4n) is 4.66. The summed E-state index contributed by atoms with van der Waals surface area (Å²) in [4.78, 5) is 22.6.